The van der Waals surface area contributed by atoms with Crippen molar-refractivity contribution in [1.29, 1.82) is 0 Å². The highest BCUT2D eigenvalue weighted by atomic mass is 35.5. The zero-order chi connectivity index (χ0) is 23.8. The molecule has 0 aliphatic carbocycles. The number of nitrogens with zero attached hydrogens (tertiary/aromatic N) is 5. The lowest BCUT2D eigenvalue weighted by molar-refractivity contribution is 0.0716. The number of hydrogen-bond donors (Lipinski definition) is 1. The first-order valence-corrected chi connectivity index (χ1v) is 11.6. The molecule has 9 heteroatoms. The number of likely N-dealkylation sites (N-methyl/N-ethyl adjacent to an activating group) is 1. The van der Waals surface area contributed by atoms with Gasteiger partial charge in [-0.15, -0.1) is 5.10 Å². The van der Waals surface area contributed by atoms with Gasteiger partial charge in [0.1, 0.15) is 5.69 Å². The van der Waals surface area contributed by atoms with Gasteiger partial charge in [0.25, 0.3) is 11.5 Å². The van der Waals surface area contributed by atoms with Gasteiger partial charge in [-0.2, -0.15) is 0 Å². The van der Waals surface area contributed by atoms with Crippen molar-refractivity contribution < 1.29 is 4.79 Å². The number of benzene rings is 2. The lowest BCUT2D eigenvalue weighted by Crippen LogP contribution is -2.41. The van der Waals surface area contributed by atoms with Crippen LogP contribution in [0.25, 0.3) is 27.8 Å². The molecule has 0 bridgehead atoms. The third kappa shape index (κ3) is 4.34. The van der Waals surface area contributed by atoms with E-state index in [0.717, 1.165) is 37.0 Å². The maximum atomic E-state index is 13.1. The van der Waals surface area contributed by atoms with E-state index in [-0.39, 0.29) is 17.5 Å². The van der Waals surface area contributed by atoms with E-state index in [1.54, 1.807) is 35.1 Å². The number of aromatic amines is 1. The smallest absolute Gasteiger partial charge is 0.258 e. The maximum Gasteiger partial charge on any atom is 0.258 e. The van der Waals surface area contributed by atoms with E-state index in [0.29, 0.717) is 27.4 Å². The molecule has 1 aliphatic rings. The molecule has 1 amide bonds. The Kier molecular flexibility index (Phi) is 5.93. The SMILES string of the molecule is CN(C)C[C@@H]1CCCN1C(=O)c1ccc(-n2cc(-c3cc4cc(Cl)ccc4[nH]c3=O)nn2)cc1. The Balaban J connectivity index is 1.38. The first kappa shape index (κ1) is 22.3. The zero-order valence-corrected chi connectivity index (χ0v) is 19.8. The number of carbonyl (C=O) groups excluding carboxylic acids is 1. The van der Waals surface area contributed by atoms with Gasteiger partial charge in [-0.25, -0.2) is 4.68 Å². The molecule has 0 unspecified atom stereocenters. The average molecular weight is 477 g/mol. The molecule has 1 saturated heterocycles. The van der Waals surface area contributed by atoms with Crippen LogP contribution in [0.4, 0.5) is 0 Å². The second-order valence-electron chi connectivity index (χ2n) is 8.90. The summed E-state index contributed by atoms with van der Waals surface area (Å²) in [6, 6.07) is 14.6. The van der Waals surface area contributed by atoms with Crippen molar-refractivity contribution in [2.24, 2.45) is 0 Å². The van der Waals surface area contributed by atoms with Crippen LogP contribution in [0.15, 0.2) is 59.5 Å². The quantitative estimate of drug-likeness (QED) is 0.475. The number of nitrogens with one attached hydrogen (secondary N) is 1. The number of amides is 1. The molecule has 174 valence electrons. The summed E-state index contributed by atoms with van der Waals surface area (Å²) in [6.45, 7) is 1.66. The average Bonchev–Trinajstić information content (AvgIpc) is 3.48. The second-order valence-corrected chi connectivity index (χ2v) is 9.33. The number of aromatic nitrogens is 4. The second kappa shape index (κ2) is 9.04. The molecule has 34 heavy (non-hydrogen) atoms. The van der Waals surface area contributed by atoms with Gasteiger partial charge < -0.3 is 14.8 Å². The van der Waals surface area contributed by atoms with E-state index in [4.69, 9.17) is 11.6 Å². The van der Waals surface area contributed by atoms with Crippen molar-refractivity contribution in [3.05, 3.63) is 75.7 Å². The number of H-pyrrole nitrogens is 1. The summed E-state index contributed by atoms with van der Waals surface area (Å²) in [5.74, 6) is 0.0523. The lowest BCUT2D eigenvalue weighted by Gasteiger charge is -2.27. The zero-order valence-electron chi connectivity index (χ0n) is 19.0. The third-order valence-corrected chi connectivity index (χ3v) is 6.40. The van der Waals surface area contributed by atoms with Crippen molar-refractivity contribution in [3.8, 4) is 16.9 Å². The van der Waals surface area contributed by atoms with Crippen molar-refractivity contribution in [3.63, 3.8) is 0 Å². The lowest BCUT2D eigenvalue weighted by atomic mass is 10.1. The summed E-state index contributed by atoms with van der Waals surface area (Å²) in [5, 5.41) is 9.78. The first-order valence-electron chi connectivity index (χ1n) is 11.2. The molecule has 0 radical (unpaired) electrons. The molecular weight excluding hydrogens is 452 g/mol. The summed E-state index contributed by atoms with van der Waals surface area (Å²) >= 11 is 6.09. The van der Waals surface area contributed by atoms with E-state index < -0.39 is 0 Å². The molecule has 0 spiro atoms. The van der Waals surface area contributed by atoms with E-state index in [2.05, 4.69) is 20.2 Å². The Labute approximate surface area is 201 Å². The number of likely N-dealkylation sites (tertiary alicyclic amines) is 1. The highest BCUT2D eigenvalue weighted by molar-refractivity contribution is 6.31. The van der Waals surface area contributed by atoms with E-state index in [9.17, 15) is 9.59 Å². The predicted molar refractivity (Wildman–Crippen MR) is 133 cm³/mol. The van der Waals surface area contributed by atoms with Gasteiger partial charge in [0, 0.05) is 40.6 Å². The Morgan fingerprint density at radius 2 is 1.97 bits per heavy atom. The monoisotopic (exact) mass is 476 g/mol. The summed E-state index contributed by atoms with van der Waals surface area (Å²) < 4.78 is 1.59. The number of rotatable bonds is 5. The molecular formula is C25H25ClN6O2. The van der Waals surface area contributed by atoms with E-state index >= 15 is 0 Å². The Morgan fingerprint density at radius 3 is 2.74 bits per heavy atom. The van der Waals surface area contributed by atoms with Gasteiger partial charge in [0.15, 0.2) is 0 Å². The Bertz CT molecular complexity index is 1410. The van der Waals surface area contributed by atoms with Crippen LogP contribution in [-0.4, -0.2) is 68.9 Å². The molecule has 4 aromatic rings. The van der Waals surface area contributed by atoms with Crippen LogP contribution in [0, 0.1) is 0 Å². The molecule has 1 atom stereocenters. The summed E-state index contributed by atoms with van der Waals surface area (Å²) in [4.78, 5) is 32.6. The molecule has 1 fully saturated rings. The number of pyridine rings is 1. The molecule has 1 N–H and O–H groups in total. The van der Waals surface area contributed by atoms with Crippen LogP contribution in [-0.2, 0) is 0 Å². The van der Waals surface area contributed by atoms with E-state index in [1.807, 2.05) is 43.3 Å². The van der Waals surface area contributed by atoms with Crippen LogP contribution in [0.2, 0.25) is 5.02 Å². The molecule has 2 aromatic heterocycles. The summed E-state index contributed by atoms with van der Waals surface area (Å²) in [6.07, 6.45) is 3.76. The predicted octanol–water partition coefficient (Wildman–Crippen LogP) is 3.60. The fraction of sp³-hybridized carbons (Fsp3) is 0.280. The normalized spacial score (nSPS) is 16.0. The van der Waals surface area contributed by atoms with E-state index in [1.165, 1.54) is 0 Å². The minimum Gasteiger partial charge on any atom is -0.334 e. The van der Waals surface area contributed by atoms with Gasteiger partial charge in [-0.3, -0.25) is 9.59 Å². The third-order valence-electron chi connectivity index (χ3n) is 6.17. The largest absolute Gasteiger partial charge is 0.334 e. The van der Waals surface area contributed by atoms with Crippen LogP contribution in [0.3, 0.4) is 0 Å². The summed E-state index contributed by atoms with van der Waals surface area (Å²) in [7, 11) is 4.06. The van der Waals surface area contributed by atoms with Crippen LogP contribution in [0.1, 0.15) is 23.2 Å². The fourth-order valence-electron chi connectivity index (χ4n) is 4.52. The van der Waals surface area contributed by atoms with Crippen molar-refractivity contribution in [1.82, 2.24) is 29.8 Å². The Morgan fingerprint density at radius 1 is 1.18 bits per heavy atom. The van der Waals surface area contributed by atoms with Crippen LogP contribution < -0.4 is 5.56 Å². The molecule has 8 nitrogen and oxygen atoms in total. The maximum absolute atomic E-state index is 13.1. The van der Waals surface area contributed by atoms with Gasteiger partial charge >= 0.3 is 0 Å². The molecule has 0 saturated carbocycles. The van der Waals surface area contributed by atoms with Crippen LogP contribution in [0.5, 0.6) is 0 Å². The number of carbonyl (C=O) groups is 1. The molecule has 1 aliphatic heterocycles. The summed E-state index contributed by atoms with van der Waals surface area (Å²) in [5.41, 5.74) is 2.72. The number of hydrogen-bond acceptors (Lipinski definition) is 5. The number of fused-ring (bicyclic) bond motifs is 1. The minimum absolute atomic E-state index is 0.0523. The van der Waals surface area contributed by atoms with Gasteiger partial charge in [-0.1, -0.05) is 16.8 Å². The molecule has 2 aromatic carbocycles. The minimum atomic E-state index is -0.249. The Hall–Kier alpha value is -3.49. The van der Waals surface area contributed by atoms with Crippen molar-refractivity contribution in [2.45, 2.75) is 18.9 Å². The van der Waals surface area contributed by atoms with Crippen molar-refractivity contribution in [2.75, 3.05) is 27.2 Å². The van der Waals surface area contributed by atoms with Gasteiger partial charge in [-0.05, 0) is 75.5 Å². The van der Waals surface area contributed by atoms with Crippen LogP contribution >= 0.6 is 11.6 Å². The molecule has 3 heterocycles. The van der Waals surface area contributed by atoms with Gasteiger partial charge in [0.2, 0.25) is 0 Å². The standard InChI is InChI=1S/C25H25ClN6O2/c1-30(2)14-20-4-3-11-31(20)25(34)16-5-8-19(9-6-16)32-15-23(28-29-32)21-13-17-12-18(26)7-10-22(17)27-24(21)33/h5-10,12-13,15,20H,3-4,11,14H2,1-2H3,(H,27,33)/t20-/m0/s1. The highest BCUT2D eigenvalue weighted by Crippen LogP contribution is 2.23. The fourth-order valence-corrected chi connectivity index (χ4v) is 4.70. The number of halogens is 1. The van der Waals surface area contributed by atoms with Gasteiger partial charge in [0.05, 0.1) is 17.4 Å². The topological polar surface area (TPSA) is 87.1 Å². The first-order chi connectivity index (χ1) is 16.4. The highest BCUT2D eigenvalue weighted by Gasteiger charge is 2.29. The van der Waals surface area contributed by atoms with Crippen molar-refractivity contribution >= 4 is 28.4 Å². The molecule has 5 rings (SSSR count).